The highest BCUT2D eigenvalue weighted by Crippen LogP contribution is 2.41. The number of oxime groups is 1. The topological polar surface area (TPSA) is 173 Å². The van der Waals surface area contributed by atoms with Gasteiger partial charge in [-0.05, 0) is 12.5 Å². The number of carbonyl (C=O) groups is 3. The van der Waals surface area contributed by atoms with Crippen molar-refractivity contribution in [3.8, 4) is 0 Å². The van der Waals surface area contributed by atoms with E-state index in [2.05, 4.69) is 25.7 Å². The number of carboxylic acids is 1. The summed E-state index contributed by atoms with van der Waals surface area (Å²) in [6, 6.07) is -0.907. The number of nitrogens with two attached hydrogens (primary N) is 1. The molecule has 2 aromatic rings. The number of nitrogens with one attached hydrogen (secondary N) is 1. The SMILES string of the molecule is CON=C(C(=O)N[C@@H]1C(=O)N2C(C(=O)O)=C(CSc3nnc(C)s3)CS[C@H]12)c1csc(N)n1. The molecule has 12 nitrogen and oxygen atoms in total. The third-order valence-electron chi connectivity index (χ3n) is 4.58. The van der Waals surface area contributed by atoms with Crippen LogP contribution < -0.4 is 11.1 Å². The van der Waals surface area contributed by atoms with Crippen LogP contribution in [0.3, 0.4) is 0 Å². The summed E-state index contributed by atoms with van der Waals surface area (Å²) in [6.45, 7) is 1.84. The minimum Gasteiger partial charge on any atom is -0.477 e. The van der Waals surface area contributed by atoms with Gasteiger partial charge in [-0.15, -0.1) is 33.3 Å². The van der Waals surface area contributed by atoms with Gasteiger partial charge in [0.1, 0.15) is 34.9 Å². The molecule has 0 saturated carbocycles. The summed E-state index contributed by atoms with van der Waals surface area (Å²) in [5, 5.41) is 26.2. The van der Waals surface area contributed by atoms with E-state index in [1.807, 2.05) is 6.92 Å². The van der Waals surface area contributed by atoms with Crippen molar-refractivity contribution in [2.24, 2.45) is 5.16 Å². The third kappa shape index (κ3) is 4.68. The van der Waals surface area contributed by atoms with Gasteiger partial charge in [-0.25, -0.2) is 9.78 Å². The first-order chi connectivity index (χ1) is 15.8. The number of hydrogen-bond donors (Lipinski definition) is 3. The van der Waals surface area contributed by atoms with Crippen molar-refractivity contribution in [3.05, 3.63) is 27.4 Å². The first-order valence-corrected chi connectivity index (χ1v) is 13.0. The van der Waals surface area contributed by atoms with Gasteiger partial charge in [0.05, 0.1) is 0 Å². The number of aliphatic carboxylic acids is 1. The number of carboxylic acid groups (broad SMARTS) is 1. The van der Waals surface area contributed by atoms with E-state index < -0.39 is 29.2 Å². The van der Waals surface area contributed by atoms with Crippen LogP contribution in [-0.4, -0.2) is 78.7 Å². The Morgan fingerprint density at radius 3 is 2.85 bits per heavy atom. The number of thiazole rings is 1. The maximum absolute atomic E-state index is 12.9. The van der Waals surface area contributed by atoms with Crippen LogP contribution in [0.4, 0.5) is 5.13 Å². The van der Waals surface area contributed by atoms with E-state index in [1.54, 1.807) is 5.38 Å². The van der Waals surface area contributed by atoms with E-state index in [0.717, 1.165) is 20.7 Å². The van der Waals surface area contributed by atoms with Crippen molar-refractivity contribution in [1.82, 2.24) is 25.4 Å². The van der Waals surface area contributed by atoms with E-state index >= 15 is 0 Å². The molecule has 4 rings (SSSR count). The number of rotatable bonds is 8. The first-order valence-electron chi connectivity index (χ1n) is 9.26. The van der Waals surface area contributed by atoms with Crippen molar-refractivity contribution in [2.75, 3.05) is 24.3 Å². The number of thioether (sulfide) groups is 2. The van der Waals surface area contributed by atoms with E-state index in [4.69, 9.17) is 10.6 Å². The summed E-state index contributed by atoms with van der Waals surface area (Å²) in [5.41, 5.74) is 6.27. The van der Waals surface area contributed by atoms with Crippen LogP contribution in [0.5, 0.6) is 0 Å². The monoisotopic (exact) mass is 527 g/mol. The summed E-state index contributed by atoms with van der Waals surface area (Å²) in [6.07, 6.45) is 0. The minimum atomic E-state index is -1.19. The molecule has 2 atom stereocenters. The number of nitrogen functional groups attached to an aromatic ring is 1. The standard InChI is InChI=1S/C17H17N7O5S4/c1-6-21-22-17(33-6)32-4-7-3-30-14-10(13(26)24(14)11(7)15(27)28)20-12(25)9(23-29-2)8-5-31-16(18)19-8/h5,10,14H,3-4H2,1-2H3,(H2,18,19)(H,20,25)(H,27,28)/t10-,14-/m1/s1. The van der Waals surface area contributed by atoms with Crippen LogP contribution in [0.15, 0.2) is 26.1 Å². The highest BCUT2D eigenvalue weighted by molar-refractivity contribution is 8.01. The average molecular weight is 528 g/mol. The van der Waals surface area contributed by atoms with E-state index in [-0.39, 0.29) is 22.2 Å². The molecule has 33 heavy (non-hydrogen) atoms. The minimum absolute atomic E-state index is 0.0546. The van der Waals surface area contributed by atoms with Crippen LogP contribution in [0.1, 0.15) is 10.7 Å². The van der Waals surface area contributed by atoms with Gasteiger partial charge in [-0.3, -0.25) is 14.5 Å². The van der Waals surface area contributed by atoms with Crippen molar-refractivity contribution >= 4 is 74.8 Å². The van der Waals surface area contributed by atoms with Crippen LogP contribution in [0.2, 0.25) is 0 Å². The van der Waals surface area contributed by atoms with Crippen molar-refractivity contribution in [1.29, 1.82) is 0 Å². The number of amides is 2. The lowest BCUT2D eigenvalue weighted by Gasteiger charge is -2.49. The summed E-state index contributed by atoms with van der Waals surface area (Å²) in [5.74, 6) is -1.61. The molecular formula is C17H17N7O5S4. The maximum Gasteiger partial charge on any atom is 0.352 e. The lowest BCUT2D eigenvalue weighted by atomic mass is 10.0. The molecule has 2 amide bonds. The van der Waals surface area contributed by atoms with Gasteiger partial charge < -0.3 is 21.0 Å². The Morgan fingerprint density at radius 2 is 2.24 bits per heavy atom. The second kappa shape index (κ2) is 9.66. The molecule has 0 radical (unpaired) electrons. The lowest BCUT2D eigenvalue weighted by Crippen LogP contribution is -2.71. The zero-order chi connectivity index (χ0) is 23.7. The van der Waals surface area contributed by atoms with Crippen LogP contribution in [-0.2, 0) is 19.2 Å². The molecule has 0 spiro atoms. The molecule has 0 aromatic carbocycles. The number of β-lactam (4-membered cyclic amide) rings is 1. The number of nitrogens with zero attached hydrogens (tertiary/aromatic N) is 5. The molecule has 174 valence electrons. The number of aromatic nitrogens is 3. The van der Waals surface area contributed by atoms with Crippen molar-refractivity contribution < 1.29 is 24.3 Å². The van der Waals surface area contributed by atoms with Gasteiger partial charge in [0.15, 0.2) is 15.2 Å². The molecule has 0 unspecified atom stereocenters. The molecule has 0 aliphatic carbocycles. The smallest absolute Gasteiger partial charge is 0.352 e. The number of fused-ring (bicyclic) bond motifs is 1. The molecule has 16 heteroatoms. The van der Waals surface area contributed by atoms with Gasteiger partial charge >= 0.3 is 5.97 Å². The Labute approximate surface area is 203 Å². The van der Waals surface area contributed by atoms with Gasteiger partial charge in [0.25, 0.3) is 11.8 Å². The van der Waals surface area contributed by atoms with Crippen molar-refractivity contribution in [3.63, 3.8) is 0 Å². The maximum atomic E-state index is 12.9. The highest BCUT2D eigenvalue weighted by atomic mass is 32.2. The summed E-state index contributed by atoms with van der Waals surface area (Å²) >= 11 is 5.30. The Kier molecular flexibility index (Phi) is 6.87. The fraction of sp³-hybridized carbons (Fsp3) is 0.353. The Morgan fingerprint density at radius 1 is 1.45 bits per heavy atom. The predicted molar refractivity (Wildman–Crippen MR) is 125 cm³/mol. The van der Waals surface area contributed by atoms with Crippen LogP contribution in [0.25, 0.3) is 0 Å². The Balaban J connectivity index is 1.49. The summed E-state index contributed by atoms with van der Waals surface area (Å²) < 4.78 is 0.726. The summed E-state index contributed by atoms with van der Waals surface area (Å²) in [4.78, 5) is 47.6. The number of anilines is 1. The fourth-order valence-corrected chi connectivity index (χ4v) is 7.03. The lowest BCUT2D eigenvalue weighted by molar-refractivity contribution is -0.150. The normalized spacial score (nSPS) is 20.4. The van der Waals surface area contributed by atoms with Gasteiger partial charge in [0, 0.05) is 16.9 Å². The van der Waals surface area contributed by atoms with Gasteiger partial charge in [-0.1, -0.05) is 28.3 Å². The third-order valence-corrected chi connectivity index (χ3v) is 8.65. The Bertz CT molecular complexity index is 1180. The molecule has 2 aromatic heterocycles. The van der Waals surface area contributed by atoms with E-state index in [1.165, 1.54) is 46.9 Å². The quantitative estimate of drug-likeness (QED) is 0.191. The molecule has 1 fully saturated rings. The molecule has 4 N–H and O–H groups in total. The van der Waals surface area contributed by atoms with Crippen LogP contribution >= 0.6 is 46.2 Å². The number of aryl methyl sites for hydroxylation is 1. The number of carbonyl (C=O) groups excluding carboxylic acids is 2. The van der Waals surface area contributed by atoms with E-state index in [0.29, 0.717) is 17.1 Å². The Hall–Kier alpha value is -2.69. The molecule has 2 aliphatic rings. The van der Waals surface area contributed by atoms with Crippen LogP contribution in [0, 0.1) is 6.92 Å². The van der Waals surface area contributed by atoms with E-state index in [9.17, 15) is 19.5 Å². The zero-order valence-electron chi connectivity index (χ0n) is 17.2. The molecule has 2 aliphatic heterocycles. The molecule has 0 bridgehead atoms. The highest BCUT2D eigenvalue weighted by Gasteiger charge is 2.54. The zero-order valence-corrected chi connectivity index (χ0v) is 20.4. The van der Waals surface area contributed by atoms with Gasteiger partial charge in [0.2, 0.25) is 0 Å². The predicted octanol–water partition coefficient (Wildman–Crippen LogP) is 0.767. The fourth-order valence-electron chi connectivity index (χ4n) is 3.18. The van der Waals surface area contributed by atoms with Gasteiger partial charge in [-0.2, -0.15) is 0 Å². The number of hydrogen-bond acceptors (Lipinski definition) is 13. The second-order valence-corrected chi connectivity index (χ2v) is 11.1. The first kappa shape index (κ1) is 23.5. The van der Waals surface area contributed by atoms with Crippen molar-refractivity contribution in [2.45, 2.75) is 22.7 Å². The molecular weight excluding hydrogens is 510 g/mol. The molecule has 1 saturated heterocycles. The largest absolute Gasteiger partial charge is 0.477 e. The summed E-state index contributed by atoms with van der Waals surface area (Å²) in [7, 11) is 1.28. The second-order valence-electron chi connectivity index (χ2n) is 6.69. The average Bonchev–Trinajstić information content (AvgIpc) is 3.40. The molecule has 4 heterocycles.